The maximum Gasteiger partial charge on any atom is 0.303 e. The summed E-state index contributed by atoms with van der Waals surface area (Å²) in [6.07, 6.45) is 25.2. The van der Waals surface area contributed by atoms with Crippen molar-refractivity contribution in [1.29, 1.82) is 0 Å². The van der Waals surface area contributed by atoms with E-state index in [4.69, 9.17) is 10.2 Å². The van der Waals surface area contributed by atoms with Gasteiger partial charge in [0.1, 0.15) is 0 Å². The van der Waals surface area contributed by atoms with Gasteiger partial charge in [-0.3, -0.25) is 9.59 Å². The molecular formula is C28H57O4Zn-. The third kappa shape index (κ3) is 54.2. The second-order valence-electron chi connectivity index (χ2n) is 8.80. The van der Waals surface area contributed by atoms with Crippen LogP contribution in [0.3, 0.4) is 0 Å². The first-order chi connectivity index (χ1) is 15.5. The van der Waals surface area contributed by atoms with E-state index in [1.807, 2.05) is 0 Å². The van der Waals surface area contributed by atoms with Crippen LogP contribution in [0, 0.1) is 6.92 Å². The first-order valence-corrected chi connectivity index (χ1v) is 13.7. The van der Waals surface area contributed by atoms with Crippen LogP contribution in [0.25, 0.3) is 0 Å². The SMILES string of the molecule is CCCCCCCCCCCC(=O)O.CCCCCCCCCCCC(=O)O.[CH2-]CCC.[Zn]. The molecule has 0 rings (SSSR count). The first-order valence-electron chi connectivity index (χ1n) is 13.7. The summed E-state index contributed by atoms with van der Waals surface area (Å²) in [5, 5.41) is 16.8. The Bertz CT molecular complexity index is 328. The molecular weight excluding hydrogens is 466 g/mol. The Morgan fingerprint density at radius 3 is 0.879 bits per heavy atom. The number of aliphatic carboxylic acids is 2. The Morgan fingerprint density at radius 1 is 0.485 bits per heavy atom. The fourth-order valence-corrected chi connectivity index (χ4v) is 3.17. The Labute approximate surface area is 219 Å². The van der Waals surface area contributed by atoms with Crippen molar-refractivity contribution in [2.75, 3.05) is 0 Å². The summed E-state index contributed by atoms with van der Waals surface area (Å²) >= 11 is 0. The molecule has 0 radical (unpaired) electrons. The van der Waals surface area contributed by atoms with Crippen LogP contribution < -0.4 is 0 Å². The van der Waals surface area contributed by atoms with E-state index in [9.17, 15) is 9.59 Å². The number of carboxylic acid groups (broad SMARTS) is 2. The van der Waals surface area contributed by atoms with Crippen molar-refractivity contribution in [3.05, 3.63) is 6.92 Å². The summed E-state index contributed by atoms with van der Waals surface area (Å²) in [5.74, 6) is -1.32. The number of hydrogen-bond acceptors (Lipinski definition) is 2. The van der Waals surface area contributed by atoms with E-state index in [-0.39, 0.29) is 19.5 Å². The predicted molar refractivity (Wildman–Crippen MR) is 139 cm³/mol. The molecule has 0 bridgehead atoms. The Morgan fingerprint density at radius 2 is 0.697 bits per heavy atom. The van der Waals surface area contributed by atoms with Gasteiger partial charge in [-0.2, -0.15) is 6.42 Å². The number of carboxylic acids is 2. The number of hydrogen-bond donors (Lipinski definition) is 2. The Hall–Kier alpha value is -0.437. The van der Waals surface area contributed by atoms with Crippen molar-refractivity contribution in [3.8, 4) is 0 Å². The van der Waals surface area contributed by atoms with Crippen molar-refractivity contribution < 1.29 is 39.3 Å². The van der Waals surface area contributed by atoms with Gasteiger partial charge in [-0.15, -0.1) is 0 Å². The maximum atomic E-state index is 10.2. The zero-order valence-electron chi connectivity index (χ0n) is 22.7. The molecule has 0 aliphatic rings. The minimum atomic E-state index is -0.659. The van der Waals surface area contributed by atoms with Crippen LogP contribution >= 0.6 is 0 Å². The zero-order valence-corrected chi connectivity index (χ0v) is 25.6. The average molecular weight is 523 g/mol. The molecule has 0 aromatic carbocycles. The van der Waals surface area contributed by atoms with Crippen LogP contribution in [-0.4, -0.2) is 22.2 Å². The van der Waals surface area contributed by atoms with Crippen LogP contribution in [0.1, 0.15) is 162 Å². The van der Waals surface area contributed by atoms with Gasteiger partial charge in [-0.25, -0.2) is 0 Å². The minimum Gasteiger partial charge on any atom is -0.481 e. The van der Waals surface area contributed by atoms with Gasteiger partial charge in [-0.05, 0) is 12.8 Å². The summed E-state index contributed by atoms with van der Waals surface area (Å²) in [4.78, 5) is 20.4. The van der Waals surface area contributed by atoms with Crippen molar-refractivity contribution in [1.82, 2.24) is 0 Å². The Balaban J connectivity index is -0.000000213. The first kappa shape index (κ1) is 39.8. The van der Waals surface area contributed by atoms with Gasteiger partial charge in [0, 0.05) is 32.3 Å². The number of unbranched alkanes of at least 4 members (excludes halogenated alkanes) is 17. The van der Waals surface area contributed by atoms with E-state index in [2.05, 4.69) is 27.7 Å². The molecule has 0 atom stereocenters. The Kier molecular flexibility index (Phi) is 46.8. The summed E-state index contributed by atoms with van der Waals surface area (Å²) in [5.41, 5.74) is 0. The summed E-state index contributed by atoms with van der Waals surface area (Å²) < 4.78 is 0. The second-order valence-corrected chi connectivity index (χ2v) is 8.80. The molecule has 0 saturated heterocycles. The molecule has 0 aliphatic heterocycles. The molecule has 0 heterocycles. The fraction of sp³-hybridized carbons (Fsp3) is 0.893. The quantitative estimate of drug-likeness (QED) is 0.0893. The predicted octanol–water partition coefficient (Wildman–Crippen LogP) is 9.60. The van der Waals surface area contributed by atoms with Gasteiger partial charge in [0.2, 0.25) is 0 Å². The molecule has 0 spiro atoms. The van der Waals surface area contributed by atoms with E-state index >= 15 is 0 Å². The van der Waals surface area contributed by atoms with Crippen LogP contribution in [-0.2, 0) is 29.1 Å². The van der Waals surface area contributed by atoms with Crippen molar-refractivity contribution >= 4 is 11.9 Å². The molecule has 196 valence electrons. The van der Waals surface area contributed by atoms with E-state index in [1.165, 1.54) is 96.3 Å². The van der Waals surface area contributed by atoms with E-state index in [1.54, 1.807) is 0 Å². The molecule has 0 fully saturated rings. The maximum absolute atomic E-state index is 10.2. The van der Waals surface area contributed by atoms with Gasteiger partial charge in [0.25, 0.3) is 0 Å². The van der Waals surface area contributed by atoms with E-state index in [0.29, 0.717) is 12.8 Å². The van der Waals surface area contributed by atoms with Crippen LogP contribution in [0.5, 0.6) is 0 Å². The van der Waals surface area contributed by atoms with Gasteiger partial charge < -0.3 is 17.1 Å². The standard InChI is InChI=1S/2C12H24O2.C4H9.Zn/c2*1-2-3-4-5-6-7-8-9-10-11-12(13)14;1-3-4-2;/h2*2-11H2,1H3,(H,13,14);1,3-4H2,2H3;/q;;-1;. The monoisotopic (exact) mass is 521 g/mol. The van der Waals surface area contributed by atoms with Gasteiger partial charge in [0.05, 0.1) is 0 Å². The summed E-state index contributed by atoms with van der Waals surface area (Å²) in [7, 11) is 0. The molecule has 0 aliphatic carbocycles. The second kappa shape index (κ2) is 38.8. The molecule has 0 aromatic rings. The molecule has 5 heteroatoms. The zero-order chi connectivity index (χ0) is 24.7. The van der Waals surface area contributed by atoms with E-state index < -0.39 is 11.9 Å². The summed E-state index contributed by atoms with van der Waals surface area (Å²) in [6.45, 7) is 10.2. The third-order valence-electron chi connectivity index (χ3n) is 5.34. The average Bonchev–Trinajstić information content (AvgIpc) is 2.77. The molecule has 0 unspecified atom stereocenters. The van der Waals surface area contributed by atoms with Gasteiger partial charge >= 0.3 is 11.9 Å². The van der Waals surface area contributed by atoms with Crippen molar-refractivity contribution in [2.45, 2.75) is 162 Å². The third-order valence-corrected chi connectivity index (χ3v) is 5.34. The van der Waals surface area contributed by atoms with Crippen LogP contribution in [0.2, 0.25) is 0 Å². The summed E-state index contributed by atoms with van der Waals surface area (Å²) in [6, 6.07) is 0. The van der Waals surface area contributed by atoms with Crippen LogP contribution in [0.15, 0.2) is 0 Å². The van der Waals surface area contributed by atoms with Gasteiger partial charge in [-0.1, -0.05) is 130 Å². The normalized spacial score (nSPS) is 9.70. The topological polar surface area (TPSA) is 74.6 Å². The molecule has 0 aromatic heterocycles. The number of rotatable bonds is 21. The molecule has 4 nitrogen and oxygen atoms in total. The largest absolute Gasteiger partial charge is 0.481 e. The minimum absolute atomic E-state index is 0. The smallest absolute Gasteiger partial charge is 0.303 e. The molecule has 2 N–H and O–H groups in total. The molecule has 0 saturated carbocycles. The van der Waals surface area contributed by atoms with Gasteiger partial charge in [0.15, 0.2) is 0 Å². The molecule has 0 amide bonds. The van der Waals surface area contributed by atoms with Crippen molar-refractivity contribution in [2.24, 2.45) is 0 Å². The fourth-order valence-electron chi connectivity index (χ4n) is 3.17. The molecule has 33 heavy (non-hydrogen) atoms. The number of carbonyl (C=O) groups is 2. The van der Waals surface area contributed by atoms with Crippen LogP contribution in [0.4, 0.5) is 0 Å². The van der Waals surface area contributed by atoms with E-state index in [0.717, 1.165) is 32.1 Å². The van der Waals surface area contributed by atoms with Crippen molar-refractivity contribution in [3.63, 3.8) is 0 Å².